The van der Waals surface area contributed by atoms with Crippen molar-refractivity contribution in [2.24, 2.45) is 5.73 Å². The van der Waals surface area contributed by atoms with E-state index in [1.807, 2.05) is 6.07 Å². The highest BCUT2D eigenvalue weighted by Crippen LogP contribution is 2.20. The first-order valence-corrected chi connectivity index (χ1v) is 7.41. The Balaban J connectivity index is 2.18. The Hall–Kier alpha value is -0.910. The minimum Gasteiger partial charge on any atom is -0.326 e. The summed E-state index contributed by atoms with van der Waals surface area (Å²) < 4.78 is 27.0. The van der Waals surface area contributed by atoms with E-state index in [9.17, 15) is 8.42 Å². The van der Waals surface area contributed by atoms with Crippen LogP contribution in [0, 0.1) is 0 Å². The number of nitrogens with two attached hydrogens (primary N) is 1. The third-order valence-corrected chi connectivity index (χ3v) is 4.64. The Morgan fingerprint density at radius 3 is 2.65 bits per heavy atom. The van der Waals surface area contributed by atoms with Crippen molar-refractivity contribution in [3.63, 3.8) is 0 Å². The second-order valence-electron chi connectivity index (χ2n) is 4.45. The molecule has 0 atom stereocenters. The zero-order valence-electron chi connectivity index (χ0n) is 9.72. The Bertz CT molecular complexity index is 479. The van der Waals surface area contributed by atoms with Crippen LogP contribution in [0.15, 0.2) is 29.2 Å². The van der Waals surface area contributed by atoms with Gasteiger partial charge in [-0.15, -0.1) is 0 Å². The van der Waals surface area contributed by atoms with E-state index < -0.39 is 10.0 Å². The van der Waals surface area contributed by atoms with Gasteiger partial charge in [-0.25, -0.2) is 13.1 Å². The van der Waals surface area contributed by atoms with Gasteiger partial charge in [-0.1, -0.05) is 25.0 Å². The van der Waals surface area contributed by atoms with E-state index in [0.29, 0.717) is 11.4 Å². The van der Waals surface area contributed by atoms with Crippen LogP contribution in [0.2, 0.25) is 0 Å². The molecule has 3 N–H and O–H groups in total. The highest BCUT2D eigenvalue weighted by Gasteiger charge is 2.22. The predicted octanol–water partition coefficient (Wildman–Crippen LogP) is 1.37. The zero-order valence-corrected chi connectivity index (χ0v) is 10.5. The molecule has 0 radical (unpaired) electrons. The lowest BCUT2D eigenvalue weighted by atomic mass is 10.2. The Morgan fingerprint density at radius 1 is 1.29 bits per heavy atom. The maximum Gasteiger partial charge on any atom is 0.240 e. The first kappa shape index (κ1) is 12.5. The molecule has 0 aromatic heterocycles. The molecule has 2 rings (SSSR count). The van der Waals surface area contributed by atoms with Crippen molar-refractivity contribution in [1.82, 2.24) is 4.72 Å². The van der Waals surface area contributed by atoms with Crippen molar-refractivity contribution in [3.8, 4) is 0 Å². The maximum absolute atomic E-state index is 12.1. The van der Waals surface area contributed by atoms with E-state index in [1.165, 1.54) is 0 Å². The van der Waals surface area contributed by atoms with Crippen LogP contribution in [0.25, 0.3) is 0 Å². The van der Waals surface area contributed by atoms with Crippen molar-refractivity contribution in [3.05, 3.63) is 29.8 Å². The molecule has 17 heavy (non-hydrogen) atoms. The monoisotopic (exact) mass is 254 g/mol. The summed E-state index contributed by atoms with van der Waals surface area (Å²) in [5, 5.41) is 0. The Kier molecular flexibility index (Phi) is 3.81. The summed E-state index contributed by atoms with van der Waals surface area (Å²) in [7, 11) is -3.38. The highest BCUT2D eigenvalue weighted by molar-refractivity contribution is 7.89. The molecule has 1 aliphatic carbocycles. The smallest absolute Gasteiger partial charge is 0.240 e. The summed E-state index contributed by atoms with van der Waals surface area (Å²) in [5.41, 5.74) is 6.34. The van der Waals surface area contributed by atoms with Crippen LogP contribution >= 0.6 is 0 Å². The molecule has 0 unspecified atom stereocenters. The number of nitrogens with one attached hydrogen (secondary N) is 1. The minimum atomic E-state index is -3.38. The third-order valence-electron chi connectivity index (χ3n) is 3.12. The number of rotatable bonds is 4. The fourth-order valence-corrected chi connectivity index (χ4v) is 3.55. The van der Waals surface area contributed by atoms with Gasteiger partial charge in [0.05, 0.1) is 4.90 Å². The molecule has 94 valence electrons. The maximum atomic E-state index is 12.1. The van der Waals surface area contributed by atoms with Gasteiger partial charge < -0.3 is 5.73 Å². The van der Waals surface area contributed by atoms with Gasteiger partial charge in [0.15, 0.2) is 0 Å². The first-order valence-electron chi connectivity index (χ1n) is 5.93. The molecule has 5 heteroatoms. The molecule has 0 amide bonds. The molecule has 0 bridgehead atoms. The predicted molar refractivity (Wildman–Crippen MR) is 66.9 cm³/mol. The van der Waals surface area contributed by atoms with Gasteiger partial charge in [0.1, 0.15) is 0 Å². The molecule has 0 saturated heterocycles. The lowest BCUT2D eigenvalue weighted by Crippen LogP contribution is -2.32. The Morgan fingerprint density at radius 2 is 2.00 bits per heavy atom. The van der Waals surface area contributed by atoms with Crippen LogP contribution < -0.4 is 10.5 Å². The van der Waals surface area contributed by atoms with Gasteiger partial charge in [-0.3, -0.25) is 0 Å². The average molecular weight is 254 g/mol. The van der Waals surface area contributed by atoms with Crippen molar-refractivity contribution in [2.75, 3.05) is 0 Å². The summed E-state index contributed by atoms with van der Waals surface area (Å²) in [6, 6.07) is 6.90. The fourth-order valence-electron chi connectivity index (χ4n) is 2.17. The molecule has 1 aliphatic rings. The van der Waals surface area contributed by atoms with Crippen LogP contribution in [0.1, 0.15) is 31.2 Å². The molecule has 1 saturated carbocycles. The molecule has 0 heterocycles. The first-order chi connectivity index (χ1) is 8.12. The summed E-state index contributed by atoms with van der Waals surface area (Å²) in [4.78, 5) is 0.312. The van der Waals surface area contributed by atoms with E-state index in [2.05, 4.69) is 4.72 Å². The van der Waals surface area contributed by atoms with Crippen molar-refractivity contribution >= 4 is 10.0 Å². The van der Waals surface area contributed by atoms with Gasteiger partial charge in [0.2, 0.25) is 10.0 Å². The SMILES string of the molecule is NCc1cccc(S(=O)(=O)NC2CCCC2)c1. The Labute approximate surface area is 102 Å². The van der Waals surface area contributed by atoms with Crippen molar-refractivity contribution in [1.29, 1.82) is 0 Å². The van der Waals surface area contributed by atoms with E-state index in [0.717, 1.165) is 31.2 Å². The summed E-state index contributed by atoms with van der Waals surface area (Å²) >= 11 is 0. The average Bonchev–Trinajstić information content (AvgIpc) is 2.81. The van der Waals surface area contributed by atoms with Gasteiger partial charge >= 0.3 is 0 Å². The quantitative estimate of drug-likeness (QED) is 0.852. The topological polar surface area (TPSA) is 72.2 Å². The largest absolute Gasteiger partial charge is 0.326 e. The number of hydrogen-bond acceptors (Lipinski definition) is 3. The van der Waals surface area contributed by atoms with Crippen molar-refractivity contribution < 1.29 is 8.42 Å². The second kappa shape index (κ2) is 5.16. The van der Waals surface area contributed by atoms with Crippen LogP contribution in [0.5, 0.6) is 0 Å². The van der Waals surface area contributed by atoms with Gasteiger partial charge in [-0.05, 0) is 30.5 Å². The van der Waals surface area contributed by atoms with E-state index >= 15 is 0 Å². The summed E-state index contributed by atoms with van der Waals surface area (Å²) in [6.07, 6.45) is 4.09. The van der Waals surface area contributed by atoms with Crippen LogP contribution in [-0.4, -0.2) is 14.5 Å². The normalized spacial score (nSPS) is 17.5. The number of sulfonamides is 1. The molecule has 4 nitrogen and oxygen atoms in total. The van der Waals surface area contributed by atoms with E-state index in [4.69, 9.17) is 5.73 Å². The number of hydrogen-bond donors (Lipinski definition) is 2. The van der Waals surface area contributed by atoms with Gasteiger partial charge in [-0.2, -0.15) is 0 Å². The standard InChI is InChI=1S/C12H18N2O2S/c13-9-10-4-3-7-12(8-10)17(15,16)14-11-5-1-2-6-11/h3-4,7-8,11,14H,1-2,5-6,9,13H2. The molecule has 0 spiro atoms. The lowest BCUT2D eigenvalue weighted by Gasteiger charge is -2.12. The second-order valence-corrected chi connectivity index (χ2v) is 6.17. The summed E-state index contributed by atoms with van der Waals surface area (Å²) in [5.74, 6) is 0. The highest BCUT2D eigenvalue weighted by atomic mass is 32.2. The molecule has 1 aromatic carbocycles. The minimum absolute atomic E-state index is 0.0986. The van der Waals surface area contributed by atoms with Crippen LogP contribution in [0.4, 0.5) is 0 Å². The van der Waals surface area contributed by atoms with Crippen LogP contribution in [0.3, 0.4) is 0 Å². The zero-order chi connectivity index (χ0) is 12.3. The van der Waals surface area contributed by atoms with Gasteiger partial charge in [0.25, 0.3) is 0 Å². The van der Waals surface area contributed by atoms with E-state index in [1.54, 1.807) is 18.2 Å². The number of benzene rings is 1. The van der Waals surface area contributed by atoms with Crippen molar-refractivity contribution in [2.45, 2.75) is 43.2 Å². The molecule has 0 aliphatic heterocycles. The van der Waals surface area contributed by atoms with E-state index in [-0.39, 0.29) is 6.04 Å². The molecule has 1 fully saturated rings. The molecule has 1 aromatic rings. The fraction of sp³-hybridized carbons (Fsp3) is 0.500. The van der Waals surface area contributed by atoms with Crippen LogP contribution in [-0.2, 0) is 16.6 Å². The third kappa shape index (κ3) is 3.06. The molecular weight excluding hydrogens is 236 g/mol. The van der Waals surface area contributed by atoms with Gasteiger partial charge in [0, 0.05) is 12.6 Å². The lowest BCUT2D eigenvalue weighted by molar-refractivity contribution is 0.552. The molecular formula is C12H18N2O2S. The summed E-state index contributed by atoms with van der Waals surface area (Å²) in [6.45, 7) is 0.354.